The SMILES string of the molecule is CC(C)NC(=O)OC[C@@H]1CN(C2CCN(C(=O)c3cnc4ccccc4c3)CC2)CCC1Cc1ccc(Cl)c(Cl)c1. The van der Waals surface area contributed by atoms with E-state index >= 15 is 0 Å². The van der Waals surface area contributed by atoms with Gasteiger partial charge in [0.2, 0.25) is 0 Å². The molecule has 2 fully saturated rings. The third-order valence-electron chi connectivity index (χ3n) is 8.35. The minimum Gasteiger partial charge on any atom is -0.449 e. The van der Waals surface area contributed by atoms with Crippen molar-refractivity contribution in [3.05, 3.63) is 75.9 Å². The summed E-state index contributed by atoms with van der Waals surface area (Å²) in [5.74, 6) is 0.598. The van der Waals surface area contributed by atoms with Crippen LogP contribution in [0.5, 0.6) is 0 Å². The number of hydrogen-bond acceptors (Lipinski definition) is 5. The Balaban J connectivity index is 1.20. The molecule has 0 bridgehead atoms. The molecule has 1 N–H and O–H groups in total. The number of carbonyl (C=O) groups is 2. The van der Waals surface area contributed by atoms with Crippen molar-refractivity contribution < 1.29 is 14.3 Å². The summed E-state index contributed by atoms with van der Waals surface area (Å²) in [4.78, 5) is 34.5. The number of carbonyl (C=O) groups excluding carboxylic acids is 2. The number of nitrogens with one attached hydrogen (secondary N) is 1. The van der Waals surface area contributed by atoms with E-state index in [1.165, 1.54) is 0 Å². The zero-order chi connectivity index (χ0) is 28.9. The van der Waals surface area contributed by atoms with Crippen molar-refractivity contribution in [2.75, 3.05) is 32.8 Å². The molecule has 1 aromatic heterocycles. The highest BCUT2D eigenvalue weighted by Crippen LogP contribution is 2.32. The number of fused-ring (bicyclic) bond motifs is 1. The number of likely N-dealkylation sites (tertiary alicyclic amines) is 2. The van der Waals surface area contributed by atoms with Gasteiger partial charge in [-0.2, -0.15) is 0 Å². The van der Waals surface area contributed by atoms with Gasteiger partial charge in [-0.15, -0.1) is 0 Å². The van der Waals surface area contributed by atoms with E-state index in [1.807, 2.05) is 67.3 Å². The maximum Gasteiger partial charge on any atom is 0.407 e. The summed E-state index contributed by atoms with van der Waals surface area (Å²) < 4.78 is 5.68. The first-order valence-electron chi connectivity index (χ1n) is 14.5. The van der Waals surface area contributed by atoms with Gasteiger partial charge in [-0.05, 0) is 81.8 Å². The Morgan fingerprint density at radius 2 is 1.78 bits per heavy atom. The van der Waals surface area contributed by atoms with Gasteiger partial charge in [-0.3, -0.25) is 14.7 Å². The normalized spacial score (nSPS) is 20.4. The number of para-hydroxylation sites is 1. The van der Waals surface area contributed by atoms with Crippen LogP contribution in [0.2, 0.25) is 10.0 Å². The molecule has 2 saturated heterocycles. The number of nitrogens with zero attached hydrogens (tertiary/aromatic N) is 3. The number of piperidine rings is 2. The second kappa shape index (κ2) is 13.4. The van der Waals surface area contributed by atoms with E-state index in [0.717, 1.165) is 68.3 Å². The lowest BCUT2D eigenvalue weighted by molar-refractivity contribution is 0.0187. The summed E-state index contributed by atoms with van der Waals surface area (Å²) in [5.41, 5.74) is 2.68. The summed E-state index contributed by atoms with van der Waals surface area (Å²) in [7, 11) is 0. The molecule has 5 rings (SSSR count). The molecule has 3 aromatic rings. The monoisotopic (exact) mass is 596 g/mol. The minimum absolute atomic E-state index is 0.0237. The summed E-state index contributed by atoms with van der Waals surface area (Å²) >= 11 is 12.4. The molecular formula is C32H38Cl2N4O3. The summed E-state index contributed by atoms with van der Waals surface area (Å²) in [5, 5.41) is 4.92. The molecule has 2 aliphatic heterocycles. The summed E-state index contributed by atoms with van der Waals surface area (Å²) in [6.45, 7) is 7.49. The fourth-order valence-electron chi connectivity index (χ4n) is 6.13. The smallest absolute Gasteiger partial charge is 0.407 e. The number of alkyl carbamates (subject to hydrolysis) is 1. The Morgan fingerprint density at radius 3 is 2.54 bits per heavy atom. The second-order valence-electron chi connectivity index (χ2n) is 11.6. The molecule has 0 radical (unpaired) electrons. The topological polar surface area (TPSA) is 74.8 Å². The number of ether oxygens (including phenoxy) is 1. The van der Waals surface area contributed by atoms with Crippen molar-refractivity contribution in [2.45, 2.75) is 51.6 Å². The Labute approximate surface area is 252 Å². The second-order valence-corrected chi connectivity index (χ2v) is 12.4. The zero-order valence-electron chi connectivity index (χ0n) is 23.7. The van der Waals surface area contributed by atoms with Crippen LogP contribution in [0.1, 0.15) is 49.0 Å². The van der Waals surface area contributed by atoms with Crippen molar-refractivity contribution >= 4 is 46.1 Å². The van der Waals surface area contributed by atoms with E-state index in [4.69, 9.17) is 27.9 Å². The molecule has 0 aliphatic carbocycles. The Morgan fingerprint density at radius 1 is 1.00 bits per heavy atom. The van der Waals surface area contributed by atoms with Crippen LogP contribution >= 0.6 is 23.2 Å². The van der Waals surface area contributed by atoms with Gasteiger partial charge in [0.1, 0.15) is 0 Å². The Bertz CT molecular complexity index is 1380. The first-order chi connectivity index (χ1) is 19.8. The molecule has 41 heavy (non-hydrogen) atoms. The fourth-order valence-corrected chi connectivity index (χ4v) is 6.45. The lowest BCUT2D eigenvalue weighted by Gasteiger charge is -2.45. The molecule has 2 aromatic carbocycles. The van der Waals surface area contributed by atoms with Gasteiger partial charge in [0, 0.05) is 49.2 Å². The number of amides is 2. The van der Waals surface area contributed by atoms with Gasteiger partial charge in [0.05, 0.1) is 27.7 Å². The van der Waals surface area contributed by atoms with Gasteiger partial charge < -0.3 is 15.0 Å². The van der Waals surface area contributed by atoms with Crippen LogP contribution in [-0.2, 0) is 11.2 Å². The third-order valence-corrected chi connectivity index (χ3v) is 9.08. The van der Waals surface area contributed by atoms with Crippen LogP contribution in [0.25, 0.3) is 10.9 Å². The largest absolute Gasteiger partial charge is 0.449 e. The quantitative estimate of drug-likeness (QED) is 0.339. The van der Waals surface area contributed by atoms with E-state index < -0.39 is 0 Å². The van der Waals surface area contributed by atoms with Crippen molar-refractivity contribution in [1.82, 2.24) is 20.1 Å². The van der Waals surface area contributed by atoms with E-state index in [1.54, 1.807) is 6.20 Å². The van der Waals surface area contributed by atoms with Crippen LogP contribution in [-0.4, -0.2) is 71.7 Å². The highest BCUT2D eigenvalue weighted by Gasteiger charge is 2.35. The fraction of sp³-hybridized carbons (Fsp3) is 0.469. The summed E-state index contributed by atoms with van der Waals surface area (Å²) in [6, 6.07) is 16.0. The van der Waals surface area contributed by atoms with Crippen LogP contribution in [0.3, 0.4) is 0 Å². The third kappa shape index (κ3) is 7.51. The predicted octanol–water partition coefficient (Wildman–Crippen LogP) is 6.46. The number of pyridine rings is 1. The van der Waals surface area contributed by atoms with Crippen molar-refractivity contribution in [3.63, 3.8) is 0 Å². The lowest BCUT2D eigenvalue weighted by Crippen LogP contribution is -2.52. The van der Waals surface area contributed by atoms with Gasteiger partial charge in [0.25, 0.3) is 5.91 Å². The molecule has 7 nitrogen and oxygen atoms in total. The minimum atomic E-state index is -0.375. The zero-order valence-corrected chi connectivity index (χ0v) is 25.2. The molecule has 0 spiro atoms. The standard InChI is InChI=1S/C32H38Cl2N4O3/c1-21(2)36-32(40)41-20-26-19-38(12-9-23(26)15-22-7-8-28(33)29(34)16-22)27-10-13-37(14-11-27)31(39)25-17-24-5-3-4-6-30(24)35-18-25/h3-8,16-18,21,23,26-27H,9-15,19-20H2,1-2H3,(H,36,40)/t23?,26-/m0/s1. The highest BCUT2D eigenvalue weighted by atomic mass is 35.5. The Kier molecular flexibility index (Phi) is 9.68. The predicted molar refractivity (Wildman–Crippen MR) is 164 cm³/mol. The number of benzene rings is 2. The van der Waals surface area contributed by atoms with Crippen LogP contribution in [0.15, 0.2) is 54.7 Å². The van der Waals surface area contributed by atoms with Gasteiger partial charge in [-0.25, -0.2) is 4.79 Å². The molecular weight excluding hydrogens is 559 g/mol. The number of hydrogen-bond donors (Lipinski definition) is 1. The molecule has 218 valence electrons. The van der Waals surface area contributed by atoms with E-state index in [9.17, 15) is 9.59 Å². The highest BCUT2D eigenvalue weighted by molar-refractivity contribution is 6.42. The molecule has 9 heteroatoms. The molecule has 2 aliphatic rings. The average molecular weight is 598 g/mol. The maximum atomic E-state index is 13.3. The summed E-state index contributed by atoms with van der Waals surface area (Å²) in [6.07, 6.45) is 5.02. The number of rotatable bonds is 7. The van der Waals surface area contributed by atoms with Crippen LogP contribution in [0, 0.1) is 11.8 Å². The molecule has 0 saturated carbocycles. The van der Waals surface area contributed by atoms with Gasteiger partial charge in [-0.1, -0.05) is 47.5 Å². The van der Waals surface area contributed by atoms with Crippen LogP contribution in [0.4, 0.5) is 4.79 Å². The number of halogens is 2. The van der Waals surface area contributed by atoms with Crippen molar-refractivity contribution in [2.24, 2.45) is 11.8 Å². The molecule has 2 amide bonds. The van der Waals surface area contributed by atoms with Gasteiger partial charge in [0.15, 0.2) is 0 Å². The van der Waals surface area contributed by atoms with Crippen molar-refractivity contribution in [1.29, 1.82) is 0 Å². The van der Waals surface area contributed by atoms with Crippen molar-refractivity contribution in [3.8, 4) is 0 Å². The van der Waals surface area contributed by atoms with E-state index in [2.05, 4.69) is 15.2 Å². The molecule has 1 unspecified atom stereocenters. The van der Waals surface area contributed by atoms with E-state index in [0.29, 0.717) is 34.2 Å². The van der Waals surface area contributed by atoms with Gasteiger partial charge >= 0.3 is 6.09 Å². The average Bonchev–Trinajstić information content (AvgIpc) is 2.97. The molecule has 3 heterocycles. The van der Waals surface area contributed by atoms with Crippen LogP contribution < -0.4 is 5.32 Å². The Hall–Kier alpha value is -2.87. The van der Waals surface area contributed by atoms with E-state index in [-0.39, 0.29) is 24.0 Å². The number of aromatic nitrogens is 1. The first-order valence-corrected chi connectivity index (χ1v) is 15.3. The molecule has 2 atom stereocenters. The lowest BCUT2D eigenvalue weighted by atomic mass is 9.80. The maximum absolute atomic E-state index is 13.3. The first kappa shape index (κ1) is 29.6.